The summed E-state index contributed by atoms with van der Waals surface area (Å²) in [5, 5.41) is 0. The average Bonchev–Trinajstić information content (AvgIpc) is 2.37. The Morgan fingerprint density at radius 3 is 2.42 bits per heavy atom. The molecule has 1 aromatic carbocycles. The first-order valence-electron chi connectivity index (χ1n) is 5.85. The third kappa shape index (κ3) is 5.30. The number of halogens is 3. The SMILES string of the molecule is CCOCC[C@@H](OC(=O)c1ccccc1)C(F)(F)F. The third-order valence-corrected chi connectivity index (χ3v) is 2.35. The second kappa shape index (κ2) is 7.13. The highest BCUT2D eigenvalue weighted by Gasteiger charge is 2.42. The van der Waals surface area contributed by atoms with Crippen molar-refractivity contribution in [2.75, 3.05) is 13.2 Å². The summed E-state index contributed by atoms with van der Waals surface area (Å²) in [4.78, 5) is 11.6. The normalized spacial score (nSPS) is 13.1. The average molecular weight is 276 g/mol. The molecule has 1 atom stereocenters. The van der Waals surface area contributed by atoms with Crippen LogP contribution in [0.3, 0.4) is 0 Å². The molecule has 0 aliphatic carbocycles. The fraction of sp³-hybridized carbons (Fsp3) is 0.462. The number of hydrogen-bond acceptors (Lipinski definition) is 3. The number of ether oxygens (including phenoxy) is 2. The predicted octanol–water partition coefficient (Wildman–Crippen LogP) is 3.20. The second-order valence-corrected chi connectivity index (χ2v) is 3.79. The van der Waals surface area contributed by atoms with Crippen LogP contribution in [0.4, 0.5) is 13.2 Å². The van der Waals surface area contributed by atoms with Gasteiger partial charge in [0, 0.05) is 13.0 Å². The first kappa shape index (κ1) is 15.5. The summed E-state index contributed by atoms with van der Waals surface area (Å²) >= 11 is 0. The van der Waals surface area contributed by atoms with Crippen LogP contribution in [0.15, 0.2) is 30.3 Å². The molecule has 0 aliphatic rings. The van der Waals surface area contributed by atoms with Gasteiger partial charge in [0.1, 0.15) is 0 Å². The molecule has 0 fully saturated rings. The summed E-state index contributed by atoms with van der Waals surface area (Å²) in [5.74, 6) is -0.987. The molecule has 106 valence electrons. The summed E-state index contributed by atoms with van der Waals surface area (Å²) in [6.45, 7) is 1.89. The summed E-state index contributed by atoms with van der Waals surface area (Å²) < 4.78 is 47.4. The number of esters is 1. The highest BCUT2D eigenvalue weighted by atomic mass is 19.4. The Labute approximate surface area is 109 Å². The van der Waals surface area contributed by atoms with Crippen LogP contribution in [0.25, 0.3) is 0 Å². The summed E-state index contributed by atoms with van der Waals surface area (Å²) in [6.07, 6.45) is -7.15. The number of carbonyl (C=O) groups excluding carboxylic acids is 1. The third-order valence-electron chi connectivity index (χ3n) is 2.35. The lowest BCUT2D eigenvalue weighted by Crippen LogP contribution is -2.35. The lowest BCUT2D eigenvalue weighted by atomic mass is 10.2. The number of hydrogen-bond donors (Lipinski definition) is 0. The van der Waals surface area contributed by atoms with E-state index in [1.807, 2.05) is 0 Å². The minimum atomic E-state index is -4.60. The van der Waals surface area contributed by atoms with Gasteiger partial charge >= 0.3 is 12.1 Å². The van der Waals surface area contributed by atoms with E-state index in [1.165, 1.54) is 12.1 Å². The quantitative estimate of drug-likeness (QED) is 0.591. The predicted molar refractivity (Wildman–Crippen MR) is 62.8 cm³/mol. The summed E-state index contributed by atoms with van der Waals surface area (Å²) in [7, 11) is 0. The topological polar surface area (TPSA) is 35.5 Å². The monoisotopic (exact) mass is 276 g/mol. The molecule has 0 aromatic heterocycles. The molecule has 0 saturated heterocycles. The maximum Gasteiger partial charge on any atom is 0.425 e. The van der Waals surface area contributed by atoms with Gasteiger partial charge in [0.15, 0.2) is 6.10 Å². The van der Waals surface area contributed by atoms with Crippen molar-refractivity contribution >= 4 is 5.97 Å². The van der Waals surface area contributed by atoms with E-state index in [0.29, 0.717) is 6.61 Å². The van der Waals surface area contributed by atoms with Gasteiger partial charge in [-0.15, -0.1) is 0 Å². The highest BCUT2D eigenvalue weighted by molar-refractivity contribution is 5.89. The molecular formula is C13H15F3O3. The Kier molecular flexibility index (Phi) is 5.82. The van der Waals surface area contributed by atoms with Crippen LogP contribution in [0.2, 0.25) is 0 Å². The van der Waals surface area contributed by atoms with E-state index in [-0.39, 0.29) is 12.2 Å². The standard InChI is InChI=1S/C13H15F3O3/c1-2-18-9-8-11(13(14,15)16)19-12(17)10-6-4-3-5-7-10/h3-7,11H,2,8-9H2,1H3/t11-/m1/s1. The Morgan fingerprint density at radius 2 is 1.89 bits per heavy atom. The highest BCUT2D eigenvalue weighted by Crippen LogP contribution is 2.26. The van der Waals surface area contributed by atoms with Gasteiger partial charge in [-0.05, 0) is 19.1 Å². The molecular weight excluding hydrogens is 261 g/mol. The van der Waals surface area contributed by atoms with Gasteiger partial charge in [-0.3, -0.25) is 0 Å². The zero-order valence-electron chi connectivity index (χ0n) is 10.4. The largest absolute Gasteiger partial charge is 0.449 e. The van der Waals surface area contributed by atoms with Crippen molar-refractivity contribution in [1.29, 1.82) is 0 Å². The molecule has 1 aromatic rings. The first-order valence-corrected chi connectivity index (χ1v) is 5.85. The van der Waals surface area contributed by atoms with Gasteiger partial charge in [-0.2, -0.15) is 13.2 Å². The Bertz CT molecular complexity index is 390. The number of alkyl halides is 3. The molecule has 0 bridgehead atoms. The Hall–Kier alpha value is -1.56. The molecule has 0 aliphatic heterocycles. The van der Waals surface area contributed by atoms with Gasteiger partial charge in [0.25, 0.3) is 0 Å². The van der Waals surface area contributed by atoms with Gasteiger partial charge in [0.05, 0.1) is 12.2 Å². The Balaban J connectivity index is 2.64. The van der Waals surface area contributed by atoms with Crippen molar-refractivity contribution < 1.29 is 27.4 Å². The van der Waals surface area contributed by atoms with Crippen LogP contribution in [0.1, 0.15) is 23.7 Å². The van der Waals surface area contributed by atoms with Crippen molar-refractivity contribution in [3.05, 3.63) is 35.9 Å². The molecule has 0 spiro atoms. The fourth-order valence-corrected chi connectivity index (χ4v) is 1.40. The zero-order valence-corrected chi connectivity index (χ0v) is 10.4. The van der Waals surface area contributed by atoms with Crippen molar-refractivity contribution in [1.82, 2.24) is 0 Å². The molecule has 0 N–H and O–H groups in total. The Morgan fingerprint density at radius 1 is 1.26 bits per heavy atom. The lowest BCUT2D eigenvalue weighted by Gasteiger charge is -2.20. The maximum absolute atomic E-state index is 12.7. The number of benzene rings is 1. The lowest BCUT2D eigenvalue weighted by molar-refractivity contribution is -0.208. The van der Waals surface area contributed by atoms with Gasteiger partial charge in [-0.25, -0.2) is 4.79 Å². The van der Waals surface area contributed by atoms with E-state index in [0.717, 1.165) is 0 Å². The molecule has 0 saturated carbocycles. The smallest absolute Gasteiger partial charge is 0.425 e. The summed E-state index contributed by atoms with van der Waals surface area (Å²) in [5.41, 5.74) is 0.0909. The zero-order chi connectivity index (χ0) is 14.3. The fourth-order valence-electron chi connectivity index (χ4n) is 1.40. The van der Waals surface area contributed by atoms with Crippen molar-refractivity contribution in [3.63, 3.8) is 0 Å². The molecule has 0 radical (unpaired) electrons. The van der Waals surface area contributed by atoms with Crippen LogP contribution in [-0.4, -0.2) is 31.5 Å². The van der Waals surface area contributed by atoms with Crippen LogP contribution in [0, 0.1) is 0 Å². The molecule has 6 heteroatoms. The molecule has 19 heavy (non-hydrogen) atoms. The minimum absolute atomic E-state index is 0.0909. The molecule has 0 unspecified atom stereocenters. The second-order valence-electron chi connectivity index (χ2n) is 3.79. The van der Waals surface area contributed by atoms with E-state index < -0.39 is 24.7 Å². The van der Waals surface area contributed by atoms with E-state index in [2.05, 4.69) is 4.74 Å². The van der Waals surface area contributed by atoms with Crippen LogP contribution in [0.5, 0.6) is 0 Å². The van der Waals surface area contributed by atoms with Gasteiger partial charge in [-0.1, -0.05) is 18.2 Å². The van der Waals surface area contributed by atoms with Crippen molar-refractivity contribution in [2.45, 2.75) is 25.6 Å². The molecule has 1 rings (SSSR count). The molecule has 0 amide bonds. The van der Waals surface area contributed by atoms with Crippen molar-refractivity contribution in [2.24, 2.45) is 0 Å². The molecule has 0 heterocycles. The van der Waals surface area contributed by atoms with Crippen LogP contribution in [-0.2, 0) is 9.47 Å². The van der Waals surface area contributed by atoms with Gasteiger partial charge in [0.2, 0.25) is 0 Å². The number of rotatable bonds is 6. The van der Waals surface area contributed by atoms with Crippen molar-refractivity contribution in [3.8, 4) is 0 Å². The molecule has 3 nitrogen and oxygen atoms in total. The van der Waals surface area contributed by atoms with Gasteiger partial charge < -0.3 is 9.47 Å². The van der Waals surface area contributed by atoms with E-state index >= 15 is 0 Å². The minimum Gasteiger partial charge on any atom is -0.449 e. The van der Waals surface area contributed by atoms with Crippen LogP contribution < -0.4 is 0 Å². The number of carbonyl (C=O) groups is 1. The van der Waals surface area contributed by atoms with E-state index in [9.17, 15) is 18.0 Å². The first-order chi connectivity index (χ1) is 8.95. The van der Waals surface area contributed by atoms with E-state index in [4.69, 9.17) is 4.74 Å². The van der Waals surface area contributed by atoms with E-state index in [1.54, 1.807) is 25.1 Å². The maximum atomic E-state index is 12.7. The summed E-state index contributed by atoms with van der Waals surface area (Å²) in [6, 6.07) is 7.57. The van der Waals surface area contributed by atoms with Crippen LogP contribution >= 0.6 is 0 Å².